The lowest BCUT2D eigenvalue weighted by atomic mass is 9.92. The lowest BCUT2D eigenvalue weighted by molar-refractivity contribution is -0.121. The van der Waals surface area contributed by atoms with E-state index < -0.39 is 36.6 Å². The summed E-state index contributed by atoms with van der Waals surface area (Å²) in [6.07, 6.45) is 4.95. The first-order valence-corrected chi connectivity index (χ1v) is 16.7. The number of allylic oxidation sites excluding steroid dienone is 1. The molecule has 4 aliphatic heterocycles. The van der Waals surface area contributed by atoms with E-state index in [1.165, 1.54) is 6.07 Å². The van der Waals surface area contributed by atoms with Gasteiger partial charge in [0.05, 0.1) is 30.0 Å². The Labute approximate surface area is 285 Å². The summed E-state index contributed by atoms with van der Waals surface area (Å²) in [4.78, 5) is 19.4. The Morgan fingerprint density at radius 1 is 1.14 bits per heavy atom. The minimum absolute atomic E-state index is 0.0763. The van der Waals surface area contributed by atoms with Crippen LogP contribution in [0.4, 0.5) is 0 Å². The van der Waals surface area contributed by atoms with Gasteiger partial charge in [0, 0.05) is 49.9 Å². The summed E-state index contributed by atoms with van der Waals surface area (Å²) in [7, 11) is 0. The highest BCUT2D eigenvalue weighted by molar-refractivity contribution is 5.87. The molecule has 6 rings (SSSR count). The number of carbonyl (C=O) groups is 1. The highest BCUT2D eigenvalue weighted by Gasteiger charge is 2.36. The number of hydrogen-bond donors (Lipinski definition) is 6. The molecule has 0 unspecified atom stereocenters. The van der Waals surface area contributed by atoms with Crippen LogP contribution in [0.25, 0.3) is 0 Å². The Bertz CT molecular complexity index is 1830. The molecule has 256 valence electrons. The highest BCUT2D eigenvalue weighted by Crippen LogP contribution is 2.40. The second kappa shape index (κ2) is 14.9. The van der Waals surface area contributed by atoms with E-state index in [-0.39, 0.29) is 49.4 Å². The smallest absolute Gasteiger partial charge is 0.187 e. The summed E-state index contributed by atoms with van der Waals surface area (Å²) in [6.45, 7) is 2.45. The Morgan fingerprint density at radius 2 is 1.98 bits per heavy atom. The van der Waals surface area contributed by atoms with Gasteiger partial charge in [-0.2, -0.15) is 0 Å². The summed E-state index contributed by atoms with van der Waals surface area (Å²) in [5.41, 5.74) is 17.6. The number of aryl methyl sites for hydroxylation is 1. The van der Waals surface area contributed by atoms with Gasteiger partial charge >= 0.3 is 0 Å². The van der Waals surface area contributed by atoms with Gasteiger partial charge < -0.3 is 46.3 Å². The molecule has 8 N–H and O–H groups in total. The molecule has 4 heterocycles. The van der Waals surface area contributed by atoms with Crippen molar-refractivity contribution in [3.8, 4) is 41.1 Å². The predicted molar refractivity (Wildman–Crippen MR) is 183 cm³/mol. The molecule has 2 aromatic rings. The third kappa shape index (κ3) is 7.83. The van der Waals surface area contributed by atoms with Crippen LogP contribution in [-0.4, -0.2) is 62.3 Å². The molecule has 49 heavy (non-hydrogen) atoms. The lowest BCUT2D eigenvalue weighted by Gasteiger charge is -2.32. The Balaban J connectivity index is 1.29. The first-order chi connectivity index (χ1) is 23.6. The average Bonchev–Trinajstić information content (AvgIpc) is 3.66. The maximum atomic E-state index is 12.7. The number of nitrogens with two attached hydrogens (primary N) is 2. The number of phenols is 1. The van der Waals surface area contributed by atoms with Crippen LogP contribution in [0.2, 0.25) is 0 Å². The maximum absolute atomic E-state index is 12.7. The fourth-order valence-corrected chi connectivity index (χ4v) is 6.61. The zero-order valence-electron chi connectivity index (χ0n) is 27.4. The van der Waals surface area contributed by atoms with Crippen LogP contribution < -0.4 is 20.9 Å². The van der Waals surface area contributed by atoms with Crippen molar-refractivity contribution in [2.75, 3.05) is 6.54 Å². The topological polar surface area (TPSA) is 184 Å². The first kappa shape index (κ1) is 34.3. The van der Waals surface area contributed by atoms with E-state index in [9.17, 15) is 25.2 Å². The number of rotatable bonds is 10. The number of aliphatic hydroxyl groups is 3. The summed E-state index contributed by atoms with van der Waals surface area (Å²) in [6, 6.07) is 8.60. The van der Waals surface area contributed by atoms with Crippen LogP contribution >= 0.6 is 0 Å². The van der Waals surface area contributed by atoms with Crippen molar-refractivity contribution in [1.29, 1.82) is 0 Å². The van der Waals surface area contributed by atoms with Gasteiger partial charge in [0.25, 0.3) is 0 Å². The van der Waals surface area contributed by atoms with Crippen LogP contribution in [0.15, 0.2) is 58.4 Å². The zero-order valence-corrected chi connectivity index (χ0v) is 27.4. The van der Waals surface area contributed by atoms with Crippen molar-refractivity contribution in [3.05, 3.63) is 75.6 Å². The monoisotopic (exact) mass is 666 g/mol. The van der Waals surface area contributed by atoms with E-state index in [1.54, 1.807) is 12.1 Å². The second-order valence-electron chi connectivity index (χ2n) is 13.0. The normalized spacial score (nSPS) is 21.7. The number of nitrogens with zero attached hydrogens (tertiary/aromatic N) is 2. The van der Waals surface area contributed by atoms with Crippen molar-refractivity contribution in [3.63, 3.8) is 0 Å². The predicted octanol–water partition coefficient (Wildman–Crippen LogP) is 3.01. The molecule has 2 bridgehead atoms. The number of ketones is 1. The standard InChI is InChI=1S/C38H42N4O7/c1-2-4-27(43)16-29(45)17-28(44)9-6-23-15-36-35(18-34(23)47)48-12-3-5-22-8-11-33(46)30-10-7-24(37(39)40)13-25(30)14-26-19-41-32-21-42(20-31(26)32)38(22)49-36/h7,10,13,15,18-19,21-22,27,29,33,37-38,43,45-47H,2,4-6,9,14,16-17,20,39-40H2,1H3/t22-,27+,29-,33-,38+/m1/s1. The molecule has 0 fully saturated rings. The lowest BCUT2D eigenvalue weighted by Crippen LogP contribution is -2.41. The van der Waals surface area contributed by atoms with E-state index in [2.05, 4.69) is 28.9 Å². The number of aliphatic hydroxyl groups excluding tert-OH is 3. The molecular weight excluding hydrogens is 624 g/mol. The van der Waals surface area contributed by atoms with Crippen molar-refractivity contribution >= 4 is 12.0 Å². The maximum Gasteiger partial charge on any atom is 0.187 e. The van der Waals surface area contributed by atoms with Crippen molar-refractivity contribution < 1.29 is 34.7 Å². The van der Waals surface area contributed by atoms with Gasteiger partial charge in [-0.3, -0.25) is 9.79 Å². The van der Waals surface area contributed by atoms with Crippen LogP contribution in [0.3, 0.4) is 0 Å². The molecule has 11 nitrogen and oxygen atoms in total. The van der Waals surface area contributed by atoms with Crippen LogP contribution in [0, 0.1) is 29.8 Å². The number of hydrogen-bond acceptors (Lipinski definition) is 11. The quantitative estimate of drug-likeness (QED) is 0.163. The number of phenolic OH excluding ortho intramolecular Hbond substituents is 1. The van der Waals surface area contributed by atoms with Gasteiger partial charge in [0.2, 0.25) is 0 Å². The van der Waals surface area contributed by atoms with Crippen molar-refractivity contribution in [2.24, 2.45) is 22.4 Å². The van der Waals surface area contributed by atoms with Crippen LogP contribution in [0.5, 0.6) is 17.2 Å². The fourth-order valence-electron chi connectivity index (χ4n) is 6.61. The number of fused-ring (bicyclic) bond motifs is 5. The molecule has 5 atom stereocenters. The number of carbonyl (C=O) groups excluding carboxylic acids is 1. The third-order valence-corrected chi connectivity index (χ3v) is 9.24. The Kier molecular flexibility index (Phi) is 10.4. The number of aliphatic imine (C=N–C) groups is 1. The van der Waals surface area contributed by atoms with E-state index in [4.69, 9.17) is 20.9 Å². The molecule has 2 aromatic carbocycles. The summed E-state index contributed by atoms with van der Waals surface area (Å²) in [5.74, 6) is 9.06. The van der Waals surface area contributed by atoms with E-state index in [1.807, 2.05) is 36.4 Å². The molecule has 0 saturated carbocycles. The SMILES string of the molecule is CCC[C@H](O)C[C@@H](O)CC(=O)CCc1cc2c(cc1O)OC#CC[C@@H]1C#C[C@@H](O)c3ccc(C(N)N)cc3CC3=C4CN(C=C4N=C3)[C@H]1O2. The molecule has 11 heteroatoms. The van der Waals surface area contributed by atoms with Crippen LogP contribution in [0.1, 0.15) is 80.0 Å². The fraction of sp³-hybridized carbons (Fsp3) is 0.421. The molecular formula is C38H42N4O7. The minimum atomic E-state index is -1.10. The number of Topliss-reactive ketones (excluding diaryl/α,β-unsaturated/α-hetero) is 1. The van der Waals surface area contributed by atoms with Crippen molar-refractivity contribution in [2.45, 2.75) is 89.0 Å². The van der Waals surface area contributed by atoms with Gasteiger partial charge in [-0.1, -0.05) is 49.3 Å². The molecule has 0 aromatic heterocycles. The second-order valence-corrected chi connectivity index (χ2v) is 13.0. The number of benzene rings is 2. The molecule has 0 radical (unpaired) electrons. The zero-order chi connectivity index (χ0) is 34.7. The Morgan fingerprint density at radius 3 is 2.78 bits per heavy atom. The molecule has 0 aliphatic carbocycles. The van der Waals surface area contributed by atoms with Gasteiger partial charge in [-0.25, -0.2) is 0 Å². The third-order valence-electron chi connectivity index (χ3n) is 9.24. The van der Waals surface area contributed by atoms with Crippen LogP contribution in [-0.2, 0) is 17.6 Å². The van der Waals surface area contributed by atoms with E-state index in [0.717, 1.165) is 34.4 Å². The van der Waals surface area contributed by atoms with Gasteiger partial charge in [-0.15, -0.1) is 0 Å². The molecule has 4 aliphatic rings. The number of aromatic hydroxyl groups is 1. The number of ether oxygens (including phenoxy) is 2. The summed E-state index contributed by atoms with van der Waals surface area (Å²) < 4.78 is 12.4. The minimum Gasteiger partial charge on any atom is -0.508 e. The van der Waals surface area contributed by atoms with Crippen molar-refractivity contribution in [1.82, 2.24) is 4.90 Å². The first-order valence-electron chi connectivity index (χ1n) is 16.7. The Hall–Kier alpha value is -4.62. The molecule has 0 saturated heterocycles. The van der Waals surface area contributed by atoms with E-state index >= 15 is 0 Å². The van der Waals surface area contributed by atoms with Gasteiger partial charge in [0.15, 0.2) is 17.7 Å². The average molecular weight is 667 g/mol. The molecule has 0 amide bonds. The summed E-state index contributed by atoms with van der Waals surface area (Å²) >= 11 is 0. The highest BCUT2D eigenvalue weighted by atomic mass is 16.5. The molecule has 0 spiro atoms. The van der Waals surface area contributed by atoms with E-state index in [0.29, 0.717) is 36.3 Å². The van der Waals surface area contributed by atoms with Gasteiger partial charge in [0.1, 0.15) is 23.7 Å². The van der Waals surface area contributed by atoms with Gasteiger partial charge in [-0.05, 0) is 59.6 Å². The largest absolute Gasteiger partial charge is 0.508 e. The summed E-state index contributed by atoms with van der Waals surface area (Å²) in [5, 5.41) is 42.4.